The van der Waals surface area contributed by atoms with E-state index in [1.54, 1.807) is 6.92 Å². The van der Waals surface area contributed by atoms with Crippen molar-refractivity contribution < 1.29 is 28.6 Å². The molecule has 0 bridgehead atoms. The van der Waals surface area contributed by atoms with Crippen LogP contribution in [0.25, 0.3) is 11.1 Å². The lowest BCUT2D eigenvalue weighted by Gasteiger charge is -2.36. The Balaban J connectivity index is 1.46. The molecule has 0 aromatic heterocycles. The summed E-state index contributed by atoms with van der Waals surface area (Å²) in [5.74, 6) is -1.39. The van der Waals surface area contributed by atoms with Crippen LogP contribution in [0.15, 0.2) is 61.0 Å². The van der Waals surface area contributed by atoms with E-state index in [-0.39, 0.29) is 18.4 Å². The van der Waals surface area contributed by atoms with Crippen LogP contribution < -0.4 is 5.32 Å². The molecule has 184 valence electrons. The van der Waals surface area contributed by atoms with Crippen molar-refractivity contribution in [3.05, 3.63) is 72.1 Å². The molecule has 0 radical (unpaired) electrons. The highest BCUT2D eigenvalue weighted by molar-refractivity contribution is 5.91. The lowest BCUT2D eigenvalue weighted by molar-refractivity contribution is -0.157. The van der Waals surface area contributed by atoms with Crippen LogP contribution in [0.4, 0.5) is 4.79 Å². The molecule has 0 saturated carbocycles. The molecule has 0 fully saturated rings. The lowest BCUT2D eigenvalue weighted by Crippen LogP contribution is -2.58. The minimum Gasteiger partial charge on any atom is -0.494 e. The average Bonchev–Trinajstić information content (AvgIpc) is 3.18. The minimum absolute atomic E-state index is 0.0897. The summed E-state index contributed by atoms with van der Waals surface area (Å²) in [6.45, 7) is 5.44. The van der Waals surface area contributed by atoms with E-state index in [4.69, 9.17) is 14.2 Å². The van der Waals surface area contributed by atoms with E-state index in [0.29, 0.717) is 0 Å². The van der Waals surface area contributed by atoms with Gasteiger partial charge in [0.1, 0.15) is 18.8 Å². The van der Waals surface area contributed by atoms with Crippen molar-refractivity contribution in [3.63, 3.8) is 0 Å². The maximum absolute atomic E-state index is 13.4. The minimum atomic E-state index is -0.955. The van der Waals surface area contributed by atoms with Gasteiger partial charge in [-0.15, -0.1) is 0 Å². The third-order valence-corrected chi connectivity index (χ3v) is 6.51. The molecule has 0 saturated heterocycles. The molecule has 4 rings (SSSR count). The highest BCUT2D eigenvalue weighted by Gasteiger charge is 2.41. The Morgan fingerprint density at radius 2 is 1.63 bits per heavy atom. The molecule has 2 amide bonds. The number of ether oxygens (including phenoxy) is 3. The largest absolute Gasteiger partial charge is 0.494 e. The van der Waals surface area contributed by atoms with E-state index in [9.17, 15) is 14.4 Å². The summed E-state index contributed by atoms with van der Waals surface area (Å²) in [5.41, 5.74) is 4.47. The molecular weight excluding hydrogens is 448 g/mol. The number of carbonyl (C=O) groups is 3. The van der Waals surface area contributed by atoms with Gasteiger partial charge in [-0.3, -0.25) is 9.69 Å². The summed E-state index contributed by atoms with van der Waals surface area (Å²) < 4.78 is 15.9. The standard InChI is InChI=1S/C27H30N2O6/c1-16(2)23(25(30)29-13-14-34-17(3)24(29)26(31)33-4)28-27(32)35-15-22-20-11-7-5-9-18(20)19-10-6-8-12-21(19)22/h5-14,16-17,22-24H,15H2,1-4H3,(H,28,32)/t17-,23-,24+/m1/s1. The number of carbonyl (C=O) groups excluding carboxylic acids is 3. The molecule has 0 spiro atoms. The molecule has 1 aliphatic carbocycles. The topological polar surface area (TPSA) is 94.2 Å². The lowest BCUT2D eigenvalue weighted by atomic mass is 9.98. The SMILES string of the molecule is COC(=O)[C@@H]1[C@@H](C)OC=CN1C(=O)[C@H](NC(=O)OCC1c2ccccc2-c2ccccc21)C(C)C. The van der Waals surface area contributed by atoms with Gasteiger partial charge in [-0.25, -0.2) is 9.59 Å². The van der Waals surface area contributed by atoms with Gasteiger partial charge in [0.2, 0.25) is 0 Å². The van der Waals surface area contributed by atoms with E-state index < -0.39 is 36.2 Å². The molecule has 3 atom stereocenters. The fourth-order valence-corrected chi connectivity index (χ4v) is 4.70. The van der Waals surface area contributed by atoms with Gasteiger partial charge in [-0.05, 0) is 35.1 Å². The number of fused-ring (bicyclic) bond motifs is 3. The summed E-state index contributed by atoms with van der Waals surface area (Å²) in [4.78, 5) is 39.8. The van der Waals surface area contributed by atoms with Gasteiger partial charge in [0.05, 0.1) is 13.4 Å². The number of methoxy groups -OCH3 is 1. The Morgan fingerprint density at radius 1 is 1.03 bits per heavy atom. The van der Waals surface area contributed by atoms with Crippen molar-refractivity contribution in [3.8, 4) is 11.1 Å². The summed E-state index contributed by atoms with van der Waals surface area (Å²) in [6, 6.07) is 14.3. The van der Waals surface area contributed by atoms with Gasteiger partial charge in [-0.1, -0.05) is 62.4 Å². The number of nitrogens with zero attached hydrogens (tertiary/aromatic N) is 1. The van der Waals surface area contributed by atoms with E-state index in [0.717, 1.165) is 22.3 Å². The summed E-state index contributed by atoms with van der Waals surface area (Å²) in [7, 11) is 1.25. The average molecular weight is 479 g/mol. The highest BCUT2D eigenvalue weighted by Crippen LogP contribution is 2.44. The first-order chi connectivity index (χ1) is 16.8. The smallest absolute Gasteiger partial charge is 0.407 e. The van der Waals surface area contributed by atoms with Crippen LogP contribution in [0.5, 0.6) is 0 Å². The van der Waals surface area contributed by atoms with Crippen LogP contribution in [-0.2, 0) is 23.8 Å². The fourth-order valence-electron chi connectivity index (χ4n) is 4.70. The van der Waals surface area contributed by atoms with E-state index in [1.165, 1.54) is 24.5 Å². The van der Waals surface area contributed by atoms with Gasteiger partial charge in [0.15, 0.2) is 6.04 Å². The number of hydrogen-bond acceptors (Lipinski definition) is 6. The summed E-state index contributed by atoms with van der Waals surface area (Å²) >= 11 is 0. The molecular formula is C27H30N2O6. The maximum atomic E-state index is 13.4. The van der Waals surface area contributed by atoms with Gasteiger partial charge in [-0.2, -0.15) is 0 Å². The zero-order valence-electron chi connectivity index (χ0n) is 20.3. The Labute approximate surface area is 204 Å². The fraction of sp³-hybridized carbons (Fsp3) is 0.370. The molecule has 1 heterocycles. The summed E-state index contributed by atoms with van der Waals surface area (Å²) in [6.07, 6.45) is 1.45. The van der Waals surface area contributed by atoms with Gasteiger partial charge in [0.25, 0.3) is 5.91 Å². The van der Waals surface area contributed by atoms with Crippen molar-refractivity contribution in [2.24, 2.45) is 5.92 Å². The van der Waals surface area contributed by atoms with Crippen molar-refractivity contribution in [1.29, 1.82) is 0 Å². The van der Waals surface area contributed by atoms with Crippen LogP contribution in [0, 0.1) is 5.92 Å². The molecule has 2 aromatic carbocycles. The normalized spacial score (nSPS) is 19.4. The quantitative estimate of drug-likeness (QED) is 0.635. The first kappa shape index (κ1) is 24.3. The van der Waals surface area contributed by atoms with E-state index in [1.807, 2.05) is 50.2 Å². The Hall–Kier alpha value is -3.81. The van der Waals surface area contributed by atoms with Crippen molar-refractivity contribution >= 4 is 18.0 Å². The zero-order chi connectivity index (χ0) is 25.1. The molecule has 2 aromatic rings. The first-order valence-electron chi connectivity index (χ1n) is 11.7. The Bertz CT molecular complexity index is 1100. The van der Waals surface area contributed by atoms with Crippen LogP contribution in [0.1, 0.15) is 37.8 Å². The number of esters is 1. The van der Waals surface area contributed by atoms with E-state index in [2.05, 4.69) is 17.4 Å². The number of rotatable bonds is 6. The number of nitrogens with one attached hydrogen (secondary N) is 1. The number of amides is 2. The van der Waals surface area contributed by atoms with Crippen LogP contribution in [0.3, 0.4) is 0 Å². The molecule has 1 N–H and O–H groups in total. The van der Waals surface area contributed by atoms with Crippen molar-refractivity contribution in [1.82, 2.24) is 10.2 Å². The summed E-state index contributed by atoms with van der Waals surface area (Å²) in [5, 5.41) is 2.70. The van der Waals surface area contributed by atoms with Gasteiger partial charge in [0, 0.05) is 12.1 Å². The molecule has 2 aliphatic rings. The maximum Gasteiger partial charge on any atom is 0.407 e. The van der Waals surface area contributed by atoms with Crippen LogP contribution >= 0.6 is 0 Å². The zero-order valence-corrected chi connectivity index (χ0v) is 20.3. The number of alkyl carbamates (subject to hydrolysis) is 1. The van der Waals surface area contributed by atoms with Gasteiger partial charge >= 0.3 is 12.1 Å². The Morgan fingerprint density at radius 3 is 2.20 bits per heavy atom. The van der Waals surface area contributed by atoms with Crippen LogP contribution in [-0.4, -0.2) is 54.8 Å². The van der Waals surface area contributed by atoms with Crippen molar-refractivity contribution in [2.45, 2.75) is 44.9 Å². The molecule has 8 heteroatoms. The molecule has 8 nitrogen and oxygen atoms in total. The molecule has 0 unspecified atom stereocenters. The van der Waals surface area contributed by atoms with E-state index >= 15 is 0 Å². The second-order valence-electron chi connectivity index (χ2n) is 9.03. The Kier molecular flexibility index (Phi) is 7.10. The third kappa shape index (κ3) is 4.73. The molecule has 1 aliphatic heterocycles. The van der Waals surface area contributed by atoms with Crippen LogP contribution in [0.2, 0.25) is 0 Å². The second kappa shape index (κ2) is 10.2. The predicted molar refractivity (Wildman–Crippen MR) is 129 cm³/mol. The second-order valence-corrected chi connectivity index (χ2v) is 9.03. The number of hydrogen-bond donors (Lipinski definition) is 1. The first-order valence-corrected chi connectivity index (χ1v) is 11.7. The predicted octanol–water partition coefficient (Wildman–Crippen LogP) is 3.81. The van der Waals surface area contributed by atoms with Crippen molar-refractivity contribution in [2.75, 3.05) is 13.7 Å². The highest BCUT2D eigenvalue weighted by atomic mass is 16.5. The molecule has 35 heavy (non-hydrogen) atoms. The van der Waals surface area contributed by atoms with Gasteiger partial charge < -0.3 is 19.5 Å². The monoisotopic (exact) mass is 478 g/mol. The third-order valence-electron chi connectivity index (χ3n) is 6.51. The number of benzene rings is 2.